The summed E-state index contributed by atoms with van der Waals surface area (Å²) < 4.78 is 19.3. The van der Waals surface area contributed by atoms with Gasteiger partial charge < -0.3 is 14.2 Å². The maximum Gasteiger partial charge on any atom is 0.338 e. The van der Waals surface area contributed by atoms with Gasteiger partial charge >= 0.3 is 5.97 Å². The van der Waals surface area contributed by atoms with Gasteiger partial charge in [-0.25, -0.2) is 9.79 Å². The summed E-state index contributed by atoms with van der Waals surface area (Å²) in [5.74, 6) is 0.755. The van der Waals surface area contributed by atoms with E-state index >= 15 is 0 Å². The maximum atomic E-state index is 13.8. The van der Waals surface area contributed by atoms with Crippen LogP contribution in [0.15, 0.2) is 99.9 Å². The minimum Gasteiger partial charge on any atom is -0.490 e. The number of thiazole rings is 1. The molecule has 0 N–H and O–H groups in total. The molecule has 0 fully saturated rings. The molecule has 0 bridgehead atoms. The molecule has 0 amide bonds. The number of nitrogens with zero attached hydrogens (tertiary/aromatic N) is 2. The fourth-order valence-electron chi connectivity index (χ4n) is 4.63. The first kappa shape index (κ1) is 27.1. The molecule has 1 unspecified atom stereocenters. The van der Waals surface area contributed by atoms with Gasteiger partial charge in [0.2, 0.25) is 0 Å². The largest absolute Gasteiger partial charge is 0.490 e. The predicted octanol–water partition coefficient (Wildman–Crippen LogP) is 4.78. The molecule has 1 aliphatic heterocycles. The van der Waals surface area contributed by atoms with E-state index in [1.807, 2.05) is 91.9 Å². The van der Waals surface area contributed by atoms with Crippen LogP contribution in [0.25, 0.3) is 6.08 Å². The Morgan fingerprint density at radius 1 is 0.950 bits per heavy atom. The van der Waals surface area contributed by atoms with Crippen molar-refractivity contribution in [2.45, 2.75) is 33.4 Å². The zero-order valence-corrected chi connectivity index (χ0v) is 23.4. The van der Waals surface area contributed by atoms with Gasteiger partial charge in [0.15, 0.2) is 16.3 Å². The fraction of sp³-hybridized carbons (Fsp3) is 0.219. The molecule has 40 heavy (non-hydrogen) atoms. The molecular weight excluding hydrogens is 524 g/mol. The van der Waals surface area contributed by atoms with Gasteiger partial charge in [0, 0.05) is 0 Å². The van der Waals surface area contributed by atoms with Crippen molar-refractivity contribution in [3.8, 4) is 11.5 Å². The van der Waals surface area contributed by atoms with E-state index in [0.29, 0.717) is 45.3 Å². The number of hydrogen-bond donors (Lipinski definition) is 0. The highest BCUT2D eigenvalue weighted by Crippen LogP contribution is 2.31. The molecule has 0 saturated heterocycles. The highest BCUT2D eigenvalue weighted by Gasteiger charge is 2.33. The second-order valence-corrected chi connectivity index (χ2v) is 10.1. The smallest absolute Gasteiger partial charge is 0.338 e. The molecule has 1 atom stereocenters. The highest BCUT2D eigenvalue weighted by atomic mass is 32.1. The van der Waals surface area contributed by atoms with Gasteiger partial charge in [0.05, 0.1) is 35.1 Å². The summed E-state index contributed by atoms with van der Waals surface area (Å²) in [4.78, 5) is 32.0. The van der Waals surface area contributed by atoms with Crippen LogP contribution in [0.1, 0.15) is 43.5 Å². The van der Waals surface area contributed by atoms with Crippen LogP contribution in [0, 0.1) is 0 Å². The van der Waals surface area contributed by atoms with Gasteiger partial charge in [-0.1, -0.05) is 78.1 Å². The van der Waals surface area contributed by atoms with E-state index in [9.17, 15) is 9.59 Å². The standard InChI is InChI=1S/C32H30N2O5S/c1-4-37-26-18-23(16-17-25(26)39-20-22-12-8-6-9-13-22)19-27-30(35)34-29(24-14-10-7-11-15-24)28(31(36)38-5-2)21(3)33-32(34)40-27/h6-19,29H,4-5,20H2,1-3H3. The summed E-state index contributed by atoms with van der Waals surface area (Å²) in [6.45, 7) is 6.57. The molecule has 1 aromatic heterocycles. The molecule has 0 saturated carbocycles. The Morgan fingerprint density at radius 2 is 1.68 bits per heavy atom. The lowest BCUT2D eigenvalue weighted by Crippen LogP contribution is -2.39. The Labute approximate surface area is 236 Å². The number of benzene rings is 3. The third kappa shape index (κ3) is 5.62. The van der Waals surface area contributed by atoms with Gasteiger partial charge in [-0.3, -0.25) is 9.36 Å². The molecular formula is C32H30N2O5S. The molecule has 3 aromatic carbocycles. The second-order valence-electron chi connectivity index (χ2n) is 9.13. The Morgan fingerprint density at radius 3 is 2.38 bits per heavy atom. The number of aromatic nitrogens is 1. The van der Waals surface area contributed by atoms with Gasteiger partial charge in [-0.2, -0.15) is 0 Å². The molecule has 0 radical (unpaired) electrons. The summed E-state index contributed by atoms with van der Waals surface area (Å²) in [6, 6.07) is 24.4. The average molecular weight is 555 g/mol. The third-order valence-corrected chi connectivity index (χ3v) is 7.42. The lowest BCUT2D eigenvalue weighted by atomic mass is 9.96. The molecule has 0 spiro atoms. The summed E-state index contributed by atoms with van der Waals surface area (Å²) in [6.07, 6.45) is 1.82. The van der Waals surface area contributed by atoms with Crippen LogP contribution in [-0.2, 0) is 16.1 Å². The Balaban J connectivity index is 1.55. The van der Waals surface area contributed by atoms with E-state index < -0.39 is 12.0 Å². The van der Waals surface area contributed by atoms with Crippen LogP contribution in [0.5, 0.6) is 11.5 Å². The molecule has 204 valence electrons. The minimum absolute atomic E-state index is 0.228. The third-order valence-electron chi connectivity index (χ3n) is 6.43. The molecule has 8 heteroatoms. The molecule has 7 nitrogen and oxygen atoms in total. The van der Waals surface area contributed by atoms with E-state index in [4.69, 9.17) is 14.2 Å². The van der Waals surface area contributed by atoms with Crippen molar-refractivity contribution in [3.05, 3.63) is 127 Å². The van der Waals surface area contributed by atoms with Crippen LogP contribution >= 0.6 is 11.3 Å². The number of carbonyl (C=O) groups is 1. The summed E-state index contributed by atoms with van der Waals surface area (Å²) in [5.41, 5.74) is 3.34. The molecule has 2 heterocycles. The van der Waals surface area contributed by atoms with Crippen LogP contribution < -0.4 is 24.4 Å². The first-order valence-electron chi connectivity index (χ1n) is 13.2. The Bertz CT molecular complexity index is 1720. The van der Waals surface area contributed by atoms with Crippen molar-refractivity contribution in [3.63, 3.8) is 0 Å². The van der Waals surface area contributed by atoms with Crippen LogP contribution in [0.3, 0.4) is 0 Å². The monoisotopic (exact) mass is 554 g/mol. The van der Waals surface area contributed by atoms with Gasteiger partial charge in [-0.05, 0) is 55.7 Å². The molecule has 4 aromatic rings. The first-order chi connectivity index (χ1) is 19.5. The predicted molar refractivity (Wildman–Crippen MR) is 155 cm³/mol. The summed E-state index contributed by atoms with van der Waals surface area (Å²) in [7, 11) is 0. The number of ether oxygens (including phenoxy) is 3. The van der Waals surface area contributed by atoms with Crippen molar-refractivity contribution in [1.82, 2.24) is 4.57 Å². The van der Waals surface area contributed by atoms with Crippen molar-refractivity contribution < 1.29 is 19.0 Å². The summed E-state index contributed by atoms with van der Waals surface area (Å²) >= 11 is 1.29. The topological polar surface area (TPSA) is 79.1 Å². The average Bonchev–Trinajstić information content (AvgIpc) is 3.27. The molecule has 5 rings (SSSR count). The quantitative estimate of drug-likeness (QED) is 0.279. The van der Waals surface area contributed by atoms with Gasteiger partial charge in [0.1, 0.15) is 6.61 Å². The zero-order chi connectivity index (χ0) is 28.1. The van der Waals surface area contributed by atoms with E-state index in [2.05, 4.69) is 4.99 Å². The number of rotatable bonds is 9. The normalized spacial score (nSPS) is 14.9. The van der Waals surface area contributed by atoms with E-state index in [1.54, 1.807) is 18.4 Å². The summed E-state index contributed by atoms with van der Waals surface area (Å²) in [5, 5.41) is 0. The number of esters is 1. The number of carbonyl (C=O) groups excluding carboxylic acids is 1. The molecule has 1 aliphatic rings. The Kier molecular flexibility index (Phi) is 8.26. The SMILES string of the molecule is CCOC(=O)C1=C(C)N=c2sc(=Cc3ccc(OCc4ccccc4)c(OCC)c3)c(=O)n2C1c1ccccc1. The van der Waals surface area contributed by atoms with E-state index in [1.165, 1.54) is 11.3 Å². The van der Waals surface area contributed by atoms with Crippen LogP contribution in [0.4, 0.5) is 0 Å². The van der Waals surface area contributed by atoms with Crippen LogP contribution in [-0.4, -0.2) is 23.8 Å². The second kappa shape index (κ2) is 12.2. The lowest BCUT2D eigenvalue weighted by Gasteiger charge is -2.24. The minimum atomic E-state index is -0.633. The number of allylic oxidation sites excluding steroid dienone is 1. The maximum absolute atomic E-state index is 13.8. The Hall–Kier alpha value is -4.43. The van der Waals surface area contributed by atoms with E-state index in [0.717, 1.165) is 16.7 Å². The fourth-order valence-corrected chi connectivity index (χ4v) is 5.68. The first-order valence-corrected chi connectivity index (χ1v) is 14.0. The highest BCUT2D eigenvalue weighted by molar-refractivity contribution is 7.07. The van der Waals surface area contributed by atoms with Crippen molar-refractivity contribution in [1.29, 1.82) is 0 Å². The number of fused-ring (bicyclic) bond motifs is 1. The van der Waals surface area contributed by atoms with Crippen molar-refractivity contribution in [2.75, 3.05) is 13.2 Å². The molecule has 0 aliphatic carbocycles. The van der Waals surface area contributed by atoms with Crippen molar-refractivity contribution in [2.24, 2.45) is 4.99 Å². The number of hydrogen-bond acceptors (Lipinski definition) is 7. The van der Waals surface area contributed by atoms with Crippen LogP contribution in [0.2, 0.25) is 0 Å². The van der Waals surface area contributed by atoms with Crippen molar-refractivity contribution >= 4 is 23.4 Å². The van der Waals surface area contributed by atoms with Gasteiger partial charge in [-0.15, -0.1) is 0 Å². The van der Waals surface area contributed by atoms with E-state index in [-0.39, 0.29) is 12.2 Å². The zero-order valence-electron chi connectivity index (χ0n) is 22.6. The van der Waals surface area contributed by atoms with Gasteiger partial charge in [0.25, 0.3) is 5.56 Å². The lowest BCUT2D eigenvalue weighted by molar-refractivity contribution is -0.139.